The van der Waals surface area contributed by atoms with E-state index in [2.05, 4.69) is 0 Å². The number of fused-ring (bicyclic) bond motifs is 1. The van der Waals surface area contributed by atoms with E-state index in [1.807, 2.05) is 0 Å². The van der Waals surface area contributed by atoms with Crippen LogP contribution >= 0.6 is 0 Å². The summed E-state index contributed by atoms with van der Waals surface area (Å²) >= 11 is 0. The van der Waals surface area contributed by atoms with Crippen molar-refractivity contribution in [1.82, 2.24) is 0 Å². The number of para-hydroxylation sites is 1. The number of carboxylic acids is 1. The summed E-state index contributed by atoms with van der Waals surface area (Å²) in [5.41, 5.74) is 0.597. The standard InChI is InChI=1S/C14H16O4/c15-13-9-3-1-2-7-11(14(16)17)10-6-4-5-8-12(10)18-13/h4-6,8,11H,1-3,7,9H2,(H,16,17). The van der Waals surface area contributed by atoms with Crippen LogP contribution in [0.1, 0.15) is 43.6 Å². The van der Waals surface area contributed by atoms with Gasteiger partial charge in [0.05, 0.1) is 5.92 Å². The predicted molar refractivity (Wildman–Crippen MR) is 65.5 cm³/mol. The molecule has 0 bridgehead atoms. The number of carboxylic acid groups (broad SMARTS) is 1. The molecular weight excluding hydrogens is 232 g/mol. The average Bonchev–Trinajstić information content (AvgIpc) is 2.34. The maximum absolute atomic E-state index is 11.6. The molecular formula is C14H16O4. The number of carbonyl (C=O) groups excluding carboxylic acids is 1. The van der Waals surface area contributed by atoms with Crippen molar-refractivity contribution in [2.75, 3.05) is 0 Å². The Morgan fingerprint density at radius 2 is 2.00 bits per heavy atom. The van der Waals surface area contributed by atoms with Crippen LogP contribution in [0.25, 0.3) is 0 Å². The lowest BCUT2D eigenvalue weighted by molar-refractivity contribution is -0.140. The van der Waals surface area contributed by atoms with E-state index < -0.39 is 11.9 Å². The van der Waals surface area contributed by atoms with Crippen LogP contribution in [0.5, 0.6) is 5.75 Å². The molecule has 1 atom stereocenters. The summed E-state index contributed by atoms with van der Waals surface area (Å²) in [6.07, 6.45) is 3.42. The second-order valence-corrected chi connectivity index (χ2v) is 4.50. The van der Waals surface area contributed by atoms with Gasteiger partial charge in [-0.1, -0.05) is 31.0 Å². The molecule has 0 radical (unpaired) electrons. The summed E-state index contributed by atoms with van der Waals surface area (Å²) in [5.74, 6) is -1.35. The van der Waals surface area contributed by atoms with Crippen LogP contribution in [-0.2, 0) is 9.59 Å². The van der Waals surface area contributed by atoms with Crippen molar-refractivity contribution in [3.63, 3.8) is 0 Å². The number of hydrogen-bond donors (Lipinski definition) is 1. The number of carbonyl (C=O) groups is 2. The highest BCUT2D eigenvalue weighted by atomic mass is 16.5. The van der Waals surface area contributed by atoms with E-state index in [-0.39, 0.29) is 5.97 Å². The van der Waals surface area contributed by atoms with Gasteiger partial charge in [0, 0.05) is 12.0 Å². The minimum absolute atomic E-state index is 0.284. The Bertz CT molecular complexity index is 453. The number of benzene rings is 1. The highest BCUT2D eigenvalue weighted by Gasteiger charge is 2.24. The zero-order valence-electron chi connectivity index (χ0n) is 10.1. The molecule has 1 aromatic rings. The fourth-order valence-electron chi connectivity index (χ4n) is 2.24. The summed E-state index contributed by atoms with van der Waals surface area (Å²) in [4.78, 5) is 22.9. The molecule has 0 saturated carbocycles. The summed E-state index contributed by atoms with van der Waals surface area (Å²) in [5, 5.41) is 9.29. The van der Waals surface area contributed by atoms with Gasteiger partial charge in [0.2, 0.25) is 0 Å². The molecule has 1 aromatic carbocycles. The number of aliphatic carboxylic acids is 1. The van der Waals surface area contributed by atoms with Gasteiger partial charge in [-0.25, -0.2) is 0 Å². The molecule has 1 N–H and O–H groups in total. The van der Waals surface area contributed by atoms with Gasteiger partial charge in [0.1, 0.15) is 5.75 Å². The maximum atomic E-state index is 11.6. The van der Waals surface area contributed by atoms with Crippen molar-refractivity contribution < 1.29 is 19.4 Å². The van der Waals surface area contributed by atoms with E-state index >= 15 is 0 Å². The Balaban J connectivity index is 2.36. The Kier molecular flexibility index (Phi) is 3.97. The van der Waals surface area contributed by atoms with Crippen molar-refractivity contribution in [1.29, 1.82) is 0 Å². The Labute approximate surface area is 106 Å². The fourth-order valence-corrected chi connectivity index (χ4v) is 2.24. The van der Waals surface area contributed by atoms with Crippen LogP contribution in [0.2, 0.25) is 0 Å². The van der Waals surface area contributed by atoms with Crippen LogP contribution in [0, 0.1) is 0 Å². The maximum Gasteiger partial charge on any atom is 0.311 e. The summed E-state index contributed by atoms with van der Waals surface area (Å²) in [6, 6.07) is 6.90. The lowest BCUT2D eigenvalue weighted by Crippen LogP contribution is -2.16. The second kappa shape index (κ2) is 5.67. The zero-order valence-corrected chi connectivity index (χ0v) is 10.1. The third-order valence-corrected chi connectivity index (χ3v) is 3.19. The SMILES string of the molecule is O=C1CCCCCC(C(=O)O)c2ccccc2O1. The largest absolute Gasteiger partial charge is 0.481 e. The van der Waals surface area contributed by atoms with Crippen molar-refractivity contribution >= 4 is 11.9 Å². The minimum Gasteiger partial charge on any atom is -0.481 e. The molecule has 1 aliphatic heterocycles. The lowest BCUT2D eigenvalue weighted by atomic mass is 9.92. The van der Waals surface area contributed by atoms with Gasteiger partial charge in [-0.05, 0) is 18.9 Å². The molecule has 2 rings (SSSR count). The first-order valence-corrected chi connectivity index (χ1v) is 6.21. The normalized spacial score (nSPS) is 20.7. The Hall–Kier alpha value is -1.84. The Morgan fingerprint density at radius 1 is 1.22 bits per heavy atom. The van der Waals surface area contributed by atoms with Crippen LogP contribution in [0.4, 0.5) is 0 Å². The van der Waals surface area contributed by atoms with Gasteiger partial charge in [-0.3, -0.25) is 9.59 Å². The molecule has 0 spiro atoms. The zero-order chi connectivity index (χ0) is 13.0. The molecule has 0 aliphatic carbocycles. The highest BCUT2D eigenvalue weighted by Crippen LogP contribution is 2.32. The summed E-state index contributed by atoms with van der Waals surface area (Å²) in [7, 11) is 0. The summed E-state index contributed by atoms with van der Waals surface area (Å²) in [6.45, 7) is 0. The quantitative estimate of drug-likeness (QED) is 0.613. The van der Waals surface area contributed by atoms with E-state index in [1.54, 1.807) is 24.3 Å². The number of ether oxygens (including phenoxy) is 1. The van der Waals surface area contributed by atoms with Crippen LogP contribution in [0.15, 0.2) is 24.3 Å². The Morgan fingerprint density at radius 3 is 2.78 bits per heavy atom. The number of rotatable bonds is 1. The smallest absolute Gasteiger partial charge is 0.311 e. The van der Waals surface area contributed by atoms with E-state index in [4.69, 9.17) is 4.74 Å². The first-order valence-electron chi connectivity index (χ1n) is 6.21. The molecule has 18 heavy (non-hydrogen) atoms. The number of esters is 1. The lowest BCUT2D eigenvalue weighted by Gasteiger charge is -2.18. The van der Waals surface area contributed by atoms with Gasteiger partial charge in [0.25, 0.3) is 0 Å². The molecule has 1 aliphatic rings. The minimum atomic E-state index is -0.862. The van der Waals surface area contributed by atoms with E-state index in [0.29, 0.717) is 24.2 Å². The van der Waals surface area contributed by atoms with Gasteiger partial charge in [-0.15, -0.1) is 0 Å². The topological polar surface area (TPSA) is 63.6 Å². The summed E-state index contributed by atoms with van der Waals surface area (Å²) < 4.78 is 5.25. The van der Waals surface area contributed by atoms with E-state index in [1.165, 1.54) is 0 Å². The fraction of sp³-hybridized carbons (Fsp3) is 0.429. The molecule has 1 unspecified atom stereocenters. The molecule has 96 valence electrons. The molecule has 0 fully saturated rings. The van der Waals surface area contributed by atoms with E-state index in [0.717, 1.165) is 19.3 Å². The monoisotopic (exact) mass is 248 g/mol. The highest BCUT2D eigenvalue weighted by molar-refractivity contribution is 5.79. The van der Waals surface area contributed by atoms with Gasteiger partial charge < -0.3 is 9.84 Å². The first kappa shape index (κ1) is 12.6. The molecule has 4 heteroatoms. The number of hydrogen-bond acceptors (Lipinski definition) is 3. The third-order valence-electron chi connectivity index (χ3n) is 3.19. The van der Waals surface area contributed by atoms with Gasteiger partial charge in [0.15, 0.2) is 0 Å². The average molecular weight is 248 g/mol. The second-order valence-electron chi connectivity index (χ2n) is 4.50. The third kappa shape index (κ3) is 2.88. The molecule has 1 heterocycles. The predicted octanol–water partition coefficient (Wildman–Crippen LogP) is 2.72. The van der Waals surface area contributed by atoms with Crippen LogP contribution in [-0.4, -0.2) is 17.0 Å². The van der Waals surface area contributed by atoms with E-state index in [9.17, 15) is 14.7 Å². The van der Waals surface area contributed by atoms with Crippen LogP contribution < -0.4 is 4.74 Å². The first-order chi connectivity index (χ1) is 8.68. The van der Waals surface area contributed by atoms with Crippen molar-refractivity contribution in [3.05, 3.63) is 29.8 Å². The molecule has 4 nitrogen and oxygen atoms in total. The van der Waals surface area contributed by atoms with Gasteiger partial charge >= 0.3 is 11.9 Å². The van der Waals surface area contributed by atoms with Gasteiger partial charge in [-0.2, -0.15) is 0 Å². The van der Waals surface area contributed by atoms with Crippen molar-refractivity contribution in [2.24, 2.45) is 0 Å². The molecule has 0 amide bonds. The van der Waals surface area contributed by atoms with Crippen molar-refractivity contribution in [3.8, 4) is 5.75 Å². The molecule has 0 saturated heterocycles. The molecule has 0 aromatic heterocycles. The van der Waals surface area contributed by atoms with Crippen molar-refractivity contribution in [2.45, 2.75) is 38.0 Å². The van der Waals surface area contributed by atoms with Crippen LogP contribution in [0.3, 0.4) is 0 Å².